The predicted molar refractivity (Wildman–Crippen MR) is 71.2 cm³/mol. The summed E-state index contributed by atoms with van der Waals surface area (Å²) >= 11 is 0. The summed E-state index contributed by atoms with van der Waals surface area (Å²) in [6.07, 6.45) is -3.88. The molecule has 0 heterocycles. The lowest BCUT2D eigenvalue weighted by molar-refractivity contribution is -0.137. The van der Waals surface area contributed by atoms with Crippen LogP contribution in [-0.2, 0) is 6.18 Å². The average molecular weight is 293 g/mol. The van der Waals surface area contributed by atoms with Gasteiger partial charge in [-0.05, 0) is 30.3 Å². The van der Waals surface area contributed by atoms with E-state index in [2.05, 4.69) is 5.32 Å². The van der Waals surface area contributed by atoms with E-state index in [-0.39, 0.29) is 16.8 Å². The van der Waals surface area contributed by atoms with E-state index < -0.39 is 17.6 Å². The first-order valence-electron chi connectivity index (χ1n) is 5.94. The Morgan fingerprint density at radius 1 is 1.00 bits per heavy atom. The fourth-order valence-corrected chi connectivity index (χ4v) is 1.75. The highest BCUT2D eigenvalue weighted by Gasteiger charge is 2.30. The molecule has 0 unspecified atom stereocenters. The molecule has 0 saturated carbocycles. The molecule has 0 aliphatic heterocycles. The van der Waals surface area contributed by atoms with Crippen molar-refractivity contribution in [2.24, 2.45) is 0 Å². The molecule has 0 spiro atoms. The molecular formula is C15H10F3NO2. The second-order valence-electron chi connectivity index (χ2n) is 4.23. The van der Waals surface area contributed by atoms with Gasteiger partial charge in [-0.1, -0.05) is 18.2 Å². The number of anilines is 1. The maximum atomic E-state index is 12.4. The van der Waals surface area contributed by atoms with E-state index in [9.17, 15) is 22.8 Å². The number of amides is 1. The van der Waals surface area contributed by atoms with Crippen LogP contribution in [0.25, 0.3) is 0 Å². The normalized spacial score (nSPS) is 11.0. The fraction of sp³-hybridized carbons (Fsp3) is 0.0667. The highest BCUT2D eigenvalue weighted by atomic mass is 19.4. The third kappa shape index (κ3) is 3.47. The molecule has 21 heavy (non-hydrogen) atoms. The Morgan fingerprint density at radius 3 is 2.19 bits per heavy atom. The first-order chi connectivity index (χ1) is 9.91. The number of nitrogens with one attached hydrogen (secondary N) is 1. The van der Waals surface area contributed by atoms with Crippen LogP contribution in [0.5, 0.6) is 0 Å². The van der Waals surface area contributed by atoms with Gasteiger partial charge < -0.3 is 5.32 Å². The Balaban J connectivity index is 2.18. The standard InChI is InChI=1S/C15H10F3NO2/c16-15(17,18)11-5-7-12(8-6-11)19-14(21)13-4-2-1-3-10(13)9-20/h1-9H,(H,19,21). The number of halogens is 3. The molecule has 0 aliphatic carbocycles. The highest BCUT2D eigenvalue weighted by molar-refractivity contribution is 6.08. The molecule has 0 aliphatic rings. The number of hydrogen-bond donors (Lipinski definition) is 1. The lowest BCUT2D eigenvalue weighted by atomic mass is 10.1. The number of aldehydes is 1. The molecule has 0 fully saturated rings. The zero-order valence-corrected chi connectivity index (χ0v) is 10.6. The van der Waals surface area contributed by atoms with Crippen LogP contribution in [0.2, 0.25) is 0 Å². The topological polar surface area (TPSA) is 46.2 Å². The number of carbonyl (C=O) groups is 2. The molecule has 108 valence electrons. The molecule has 2 aromatic carbocycles. The molecule has 1 amide bonds. The van der Waals surface area contributed by atoms with Gasteiger partial charge in [0.25, 0.3) is 5.91 Å². The van der Waals surface area contributed by atoms with Gasteiger partial charge in [0.2, 0.25) is 0 Å². The summed E-state index contributed by atoms with van der Waals surface area (Å²) in [5, 5.41) is 2.45. The van der Waals surface area contributed by atoms with E-state index in [1.807, 2.05) is 0 Å². The molecule has 0 saturated heterocycles. The van der Waals surface area contributed by atoms with Gasteiger partial charge in [-0.2, -0.15) is 13.2 Å². The van der Waals surface area contributed by atoms with Gasteiger partial charge in [0.1, 0.15) is 0 Å². The van der Waals surface area contributed by atoms with Crippen molar-refractivity contribution in [3.8, 4) is 0 Å². The minimum absolute atomic E-state index is 0.160. The molecule has 2 aromatic rings. The van der Waals surface area contributed by atoms with Crippen molar-refractivity contribution in [2.45, 2.75) is 6.18 Å². The lowest BCUT2D eigenvalue weighted by Gasteiger charge is -2.09. The highest BCUT2D eigenvalue weighted by Crippen LogP contribution is 2.29. The maximum absolute atomic E-state index is 12.4. The van der Waals surface area contributed by atoms with E-state index >= 15 is 0 Å². The minimum atomic E-state index is -4.42. The number of alkyl halides is 3. The Kier molecular flexibility index (Phi) is 4.07. The summed E-state index contributed by atoms with van der Waals surface area (Å²) in [7, 11) is 0. The van der Waals surface area contributed by atoms with Crippen LogP contribution in [0.15, 0.2) is 48.5 Å². The number of hydrogen-bond acceptors (Lipinski definition) is 2. The van der Waals surface area contributed by atoms with Gasteiger partial charge >= 0.3 is 6.18 Å². The van der Waals surface area contributed by atoms with Crippen molar-refractivity contribution in [2.75, 3.05) is 5.32 Å². The zero-order valence-electron chi connectivity index (χ0n) is 10.6. The van der Waals surface area contributed by atoms with Crippen LogP contribution in [0, 0.1) is 0 Å². The molecule has 6 heteroatoms. The number of rotatable bonds is 3. The van der Waals surface area contributed by atoms with Gasteiger partial charge in [-0.3, -0.25) is 9.59 Å². The summed E-state index contributed by atoms with van der Waals surface area (Å²) in [6.45, 7) is 0. The molecule has 0 aromatic heterocycles. The molecule has 1 N–H and O–H groups in total. The molecule has 3 nitrogen and oxygen atoms in total. The Labute approximate surface area is 118 Å². The van der Waals surface area contributed by atoms with Crippen molar-refractivity contribution in [1.29, 1.82) is 0 Å². The van der Waals surface area contributed by atoms with E-state index in [1.54, 1.807) is 12.1 Å². The quantitative estimate of drug-likeness (QED) is 0.876. The first kappa shape index (κ1) is 14.8. The van der Waals surface area contributed by atoms with Crippen LogP contribution in [0.3, 0.4) is 0 Å². The van der Waals surface area contributed by atoms with Crippen LogP contribution < -0.4 is 5.32 Å². The number of benzene rings is 2. The Morgan fingerprint density at radius 2 is 1.62 bits per heavy atom. The van der Waals surface area contributed by atoms with Crippen LogP contribution in [0.1, 0.15) is 26.3 Å². The summed E-state index contributed by atoms with van der Waals surface area (Å²) in [5.74, 6) is -0.558. The van der Waals surface area contributed by atoms with Gasteiger partial charge in [0, 0.05) is 11.3 Å². The first-order valence-corrected chi connectivity index (χ1v) is 5.94. The third-order valence-electron chi connectivity index (χ3n) is 2.80. The molecule has 0 bridgehead atoms. The Bertz CT molecular complexity index is 663. The van der Waals surface area contributed by atoms with Crippen molar-refractivity contribution in [3.63, 3.8) is 0 Å². The summed E-state index contributed by atoms with van der Waals surface area (Å²) in [5.41, 5.74) is -0.211. The van der Waals surface area contributed by atoms with E-state index in [0.29, 0.717) is 6.29 Å². The second kappa shape index (κ2) is 5.78. The lowest BCUT2D eigenvalue weighted by Crippen LogP contribution is -2.14. The largest absolute Gasteiger partial charge is 0.416 e. The zero-order chi connectivity index (χ0) is 15.5. The minimum Gasteiger partial charge on any atom is -0.322 e. The van der Waals surface area contributed by atoms with Crippen molar-refractivity contribution in [3.05, 3.63) is 65.2 Å². The van der Waals surface area contributed by atoms with Crippen LogP contribution >= 0.6 is 0 Å². The number of carbonyl (C=O) groups excluding carboxylic acids is 2. The van der Waals surface area contributed by atoms with Gasteiger partial charge in [0.15, 0.2) is 6.29 Å². The SMILES string of the molecule is O=Cc1ccccc1C(=O)Nc1ccc(C(F)(F)F)cc1. The third-order valence-corrected chi connectivity index (χ3v) is 2.80. The van der Waals surface area contributed by atoms with E-state index in [1.165, 1.54) is 12.1 Å². The molecule has 0 atom stereocenters. The summed E-state index contributed by atoms with van der Waals surface area (Å²) < 4.78 is 37.3. The second-order valence-corrected chi connectivity index (χ2v) is 4.23. The van der Waals surface area contributed by atoms with Crippen molar-refractivity contribution in [1.82, 2.24) is 0 Å². The van der Waals surface area contributed by atoms with Crippen LogP contribution in [-0.4, -0.2) is 12.2 Å². The average Bonchev–Trinajstić information content (AvgIpc) is 2.46. The molecule has 0 radical (unpaired) electrons. The van der Waals surface area contributed by atoms with Crippen molar-refractivity contribution < 1.29 is 22.8 Å². The van der Waals surface area contributed by atoms with E-state index in [0.717, 1.165) is 24.3 Å². The van der Waals surface area contributed by atoms with Gasteiger partial charge in [-0.25, -0.2) is 0 Å². The van der Waals surface area contributed by atoms with Gasteiger partial charge in [0.05, 0.1) is 11.1 Å². The summed E-state index contributed by atoms with van der Waals surface area (Å²) in [6, 6.07) is 10.2. The summed E-state index contributed by atoms with van der Waals surface area (Å²) in [4.78, 5) is 22.8. The molecular weight excluding hydrogens is 283 g/mol. The van der Waals surface area contributed by atoms with Crippen LogP contribution in [0.4, 0.5) is 18.9 Å². The van der Waals surface area contributed by atoms with E-state index in [4.69, 9.17) is 0 Å². The fourth-order valence-electron chi connectivity index (χ4n) is 1.75. The molecule has 2 rings (SSSR count). The smallest absolute Gasteiger partial charge is 0.322 e. The Hall–Kier alpha value is -2.63. The maximum Gasteiger partial charge on any atom is 0.416 e. The van der Waals surface area contributed by atoms with Gasteiger partial charge in [-0.15, -0.1) is 0 Å². The predicted octanol–water partition coefficient (Wildman–Crippen LogP) is 3.77. The van der Waals surface area contributed by atoms with Crippen molar-refractivity contribution >= 4 is 17.9 Å². The monoisotopic (exact) mass is 293 g/mol.